The smallest absolute Gasteiger partial charge is 0.243 e. The van der Waals surface area contributed by atoms with E-state index in [2.05, 4.69) is 11.8 Å². The summed E-state index contributed by atoms with van der Waals surface area (Å²) in [6.07, 6.45) is -0.00170. The Morgan fingerprint density at radius 2 is 1.58 bits per heavy atom. The molecule has 9 heteroatoms. The van der Waals surface area contributed by atoms with Crippen LogP contribution >= 0.6 is 0 Å². The molecule has 1 aliphatic heterocycles. The van der Waals surface area contributed by atoms with E-state index in [4.69, 9.17) is 19.4 Å². The summed E-state index contributed by atoms with van der Waals surface area (Å²) < 4.78 is 38.7. The third-order valence-corrected chi connectivity index (χ3v) is 7.74. The van der Waals surface area contributed by atoms with Crippen LogP contribution in [-0.4, -0.2) is 67.0 Å². The molecule has 0 aliphatic carbocycles. The van der Waals surface area contributed by atoms with E-state index in [0.717, 1.165) is 10.9 Å². The molecular formula is C24H30N4O4S. The van der Waals surface area contributed by atoms with E-state index in [1.165, 1.54) is 4.31 Å². The van der Waals surface area contributed by atoms with Gasteiger partial charge in [0.2, 0.25) is 15.9 Å². The minimum absolute atomic E-state index is 0.00170. The number of benzene rings is 2. The molecule has 33 heavy (non-hydrogen) atoms. The first-order valence-corrected chi connectivity index (χ1v) is 12.5. The Hall–Kier alpha value is -2.75. The van der Waals surface area contributed by atoms with Crippen LogP contribution in [0, 0.1) is 0 Å². The number of piperazine rings is 1. The Bertz CT molecular complexity index is 1210. The number of ether oxygens (including phenoxy) is 2. The predicted octanol–water partition coefficient (Wildman–Crippen LogP) is 3.49. The Morgan fingerprint density at radius 3 is 2.21 bits per heavy atom. The summed E-state index contributed by atoms with van der Waals surface area (Å²) in [7, 11) is -1.99. The molecule has 1 fully saturated rings. The van der Waals surface area contributed by atoms with Gasteiger partial charge in [-0.3, -0.25) is 4.90 Å². The van der Waals surface area contributed by atoms with Crippen LogP contribution in [0.5, 0.6) is 11.6 Å². The highest BCUT2D eigenvalue weighted by Crippen LogP contribution is 2.28. The minimum atomic E-state index is -3.55. The molecule has 2 heterocycles. The fraction of sp³-hybridized carbons (Fsp3) is 0.417. The van der Waals surface area contributed by atoms with Crippen LogP contribution in [0.2, 0.25) is 0 Å². The maximum Gasteiger partial charge on any atom is 0.243 e. The SMILES string of the molecule is COc1ccc(S(=O)(=O)N2CCN(C(C)c3nc(OC(C)C)c4ccccc4n3)CC2)cc1. The zero-order chi connectivity index (χ0) is 23.6. The first-order valence-electron chi connectivity index (χ1n) is 11.1. The summed E-state index contributed by atoms with van der Waals surface area (Å²) >= 11 is 0. The zero-order valence-corrected chi connectivity index (χ0v) is 20.2. The number of rotatable bonds is 7. The number of aromatic nitrogens is 2. The molecular weight excluding hydrogens is 440 g/mol. The Morgan fingerprint density at radius 1 is 0.909 bits per heavy atom. The van der Waals surface area contributed by atoms with Gasteiger partial charge in [-0.15, -0.1) is 0 Å². The molecule has 0 radical (unpaired) electrons. The molecule has 0 N–H and O–H groups in total. The lowest BCUT2D eigenvalue weighted by atomic mass is 10.2. The number of fused-ring (bicyclic) bond motifs is 1. The number of hydrogen-bond acceptors (Lipinski definition) is 7. The highest BCUT2D eigenvalue weighted by atomic mass is 32.2. The van der Waals surface area contributed by atoms with Gasteiger partial charge in [-0.1, -0.05) is 12.1 Å². The molecule has 176 valence electrons. The molecule has 0 spiro atoms. The van der Waals surface area contributed by atoms with E-state index in [1.54, 1.807) is 31.4 Å². The quantitative estimate of drug-likeness (QED) is 0.523. The topological polar surface area (TPSA) is 84.9 Å². The zero-order valence-electron chi connectivity index (χ0n) is 19.4. The van der Waals surface area contributed by atoms with Crippen molar-refractivity contribution in [3.8, 4) is 11.6 Å². The molecule has 2 aromatic carbocycles. The van der Waals surface area contributed by atoms with Crippen LogP contribution in [0.15, 0.2) is 53.4 Å². The minimum Gasteiger partial charge on any atom is -0.497 e. The monoisotopic (exact) mass is 470 g/mol. The molecule has 1 aliphatic rings. The number of methoxy groups -OCH3 is 1. The van der Waals surface area contributed by atoms with Gasteiger partial charge in [0, 0.05) is 26.2 Å². The van der Waals surface area contributed by atoms with Gasteiger partial charge < -0.3 is 9.47 Å². The maximum absolute atomic E-state index is 13.1. The largest absolute Gasteiger partial charge is 0.497 e. The molecule has 0 bridgehead atoms. The van der Waals surface area contributed by atoms with E-state index in [0.29, 0.717) is 43.6 Å². The highest BCUT2D eigenvalue weighted by molar-refractivity contribution is 7.89. The van der Waals surface area contributed by atoms with Crippen molar-refractivity contribution in [3.63, 3.8) is 0 Å². The molecule has 0 saturated carbocycles. The average Bonchev–Trinajstić information content (AvgIpc) is 2.83. The van der Waals surface area contributed by atoms with Gasteiger partial charge in [0.1, 0.15) is 11.6 Å². The Labute approximate surface area is 195 Å². The van der Waals surface area contributed by atoms with Gasteiger partial charge in [-0.2, -0.15) is 9.29 Å². The van der Waals surface area contributed by atoms with Crippen molar-refractivity contribution >= 4 is 20.9 Å². The lowest BCUT2D eigenvalue weighted by Gasteiger charge is -2.36. The second kappa shape index (κ2) is 9.62. The summed E-state index contributed by atoms with van der Waals surface area (Å²) in [5, 5.41) is 0.887. The van der Waals surface area contributed by atoms with Crippen molar-refractivity contribution < 1.29 is 17.9 Å². The van der Waals surface area contributed by atoms with Gasteiger partial charge in [-0.05, 0) is 57.2 Å². The van der Waals surface area contributed by atoms with E-state index >= 15 is 0 Å². The molecule has 0 amide bonds. The first-order chi connectivity index (χ1) is 15.8. The Kier molecular flexibility index (Phi) is 6.83. The molecule has 1 atom stereocenters. The first kappa shape index (κ1) is 23.4. The molecule has 3 aromatic rings. The van der Waals surface area contributed by atoms with Crippen molar-refractivity contribution in [2.75, 3.05) is 33.3 Å². The molecule has 8 nitrogen and oxygen atoms in total. The number of hydrogen-bond donors (Lipinski definition) is 0. The van der Waals surface area contributed by atoms with Crippen molar-refractivity contribution in [1.29, 1.82) is 0 Å². The third kappa shape index (κ3) is 4.95. The number of para-hydroxylation sites is 1. The van der Waals surface area contributed by atoms with Gasteiger partial charge >= 0.3 is 0 Å². The molecule has 4 rings (SSSR count). The average molecular weight is 471 g/mol. The predicted molar refractivity (Wildman–Crippen MR) is 127 cm³/mol. The van der Waals surface area contributed by atoms with Crippen molar-refractivity contribution in [1.82, 2.24) is 19.2 Å². The van der Waals surface area contributed by atoms with Gasteiger partial charge in [0.05, 0.1) is 35.1 Å². The van der Waals surface area contributed by atoms with E-state index in [1.807, 2.05) is 38.1 Å². The summed E-state index contributed by atoms with van der Waals surface area (Å²) in [6, 6.07) is 14.2. The van der Waals surface area contributed by atoms with Crippen molar-refractivity contribution in [3.05, 3.63) is 54.4 Å². The fourth-order valence-electron chi connectivity index (χ4n) is 3.96. The van der Waals surface area contributed by atoms with Gasteiger partial charge in [0.15, 0.2) is 0 Å². The van der Waals surface area contributed by atoms with Crippen LogP contribution in [0.25, 0.3) is 10.9 Å². The van der Waals surface area contributed by atoms with Crippen LogP contribution in [-0.2, 0) is 10.0 Å². The lowest BCUT2D eigenvalue weighted by molar-refractivity contribution is 0.140. The van der Waals surface area contributed by atoms with Crippen LogP contribution in [0.1, 0.15) is 32.6 Å². The van der Waals surface area contributed by atoms with Gasteiger partial charge in [-0.25, -0.2) is 13.4 Å². The van der Waals surface area contributed by atoms with Crippen molar-refractivity contribution in [2.24, 2.45) is 0 Å². The standard InChI is InChI=1S/C24H30N4O4S/c1-17(2)32-24-21-7-5-6-8-22(21)25-23(26-24)18(3)27-13-15-28(16-14-27)33(29,30)20-11-9-19(31-4)10-12-20/h5-12,17-18H,13-16H2,1-4H3. The summed E-state index contributed by atoms with van der Waals surface area (Å²) in [5.74, 6) is 1.89. The van der Waals surface area contributed by atoms with Crippen LogP contribution in [0.3, 0.4) is 0 Å². The van der Waals surface area contributed by atoms with Crippen LogP contribution < -0.4 is 9.47 Å². The van der Waals surface area contributed by atoms with Gasteiger partial charge in [0.25, 0.3) is 0 Å². The van der Waals surface area contributed by atoms with Crippen LogP contribution in [0.4, 0.5) is 0 Å². The summed E-state index contributed by atoms with van der Waals surface area (Å²) in [6.45, 7) is 7.99. The van der Waals surface area contributed by atoms with E-state index in [-0.39, 0.29) is 17.0 Å². The summed E-state index contributed by atoms with van der Waals surface area (Å²) in [5.41, 5.74) is 0.839. The highest BCUT2D eigenvalue weighted by Gasteiger charge is 2.31. The number of sulfonamides is 1. The van der Waals surface area contributed by atoms with E-state index in [9.17, 15) is 8.42 Å². The fourth-order valence-corrected chi connectivity index (χ4v) is 5.38. The normalized spacial score (nSPS) is 16.8. The lowest BCUT2D eigenvalue weighted by Crippen LogP contribution is -2.49. The second-order valence-corrected chi connectivity index (χ2v) is 10.3. The molecule has 1 aromatic heterocycles. The van der Waals surface area contributed by atoms with Crippen molar-refractivity contribution in [2.45, 2.75) is 37.8 Å². The number of nitrogens with zero attached hydrogens (tertiary/aromatic N) is 4. The summed E-state index contributed by atoms with van der Waals surface area (Å²) in [4.78, 5) is 12.0. The second-order valence-electron chi connectivity index (χ2n) is 8.36. The van der Waals surface area contributed by atoms with E-state index < -0.39 is 10.0 Å². The third-order valence-electron chi connectivity index (χ3n) is 5.82. The Balaban J connectivity index is 1.50. The molecule has 1 unspecified atom stereocenters. The maximum atomic E-state index is 13.1. The molecule has 1 saturated heterocycles.